The summed E-state index contributed by atoms with van der Waals surface area (Å²) in [6.45, 7) is 0. The Bertz CT molecular complexity index is 1020. The highest BCUT2D eigenvalue weighted by atomic mass is 35.5. The molecule has 1 aliphatic rings. The third-order valence-electron chi connectivity index (χ3n) is 3.76. The Morgan fingerprint density at radius 3 is 2.88 bits per heavy atom. The van der Waals surface area contributed by atoms with E-state index in [0.29, 0.717) is 28.5 Å². The summed E-state index contributed by atoms with van der Waals surface area (Å²) in [6.07, 6.45) is -1.98. The fourth-order valence-corrected chi connectivity index (χ4v) is 2.87. The lowest BCUT2D eigenvalue weighted by Crippen LogP contribution is -2.04. The van der Waals surface area contributed by atoms with E-state index in [1.807, 2.05) is 0 Å². The Morgan fingerprint density at radius 2 is 2.08 bits per heavy atom. The van der Waals surface area contributed by atoms with E-state index in [1.165, 1.54) is 0 Å². The molecule has 0 unspecified atom stereocenters. The third kappa shape index (κ3) is 2.87. The van der Waals surface area contributed by atoms with Crippen molar-refractivity contribution in [3.8, 4) is 23.2 Å². The van der Waals surface area contributed by atoms with Crippen molar-refractivity contribution in [1.82, 2.24) is 24.5 Å². The van der Waals surface area contributed by atoms with Gasteiger partial charge in [0.05, 0.1) is 29.0 Å². The number of benzene rings is 1. The average Bonchev–Trinajstić information content (AvgIpc) is 3.12. The average molecular weight is 364 g/mol. The first-order valence-electron chi connectivity index (χ1n) is 7.24. The van der Waals surface area contributed by atoms with Crippen molar-refractivity contribution in [2.24, 2.45) is 0 Å². The van der Waals surface area contributed by atoms with Crippen molar-refractivity contribution < 1.29 is 13.2 Å². The highest BCUT2D eigenvalue weighted by molar-refractivity contribution is 6.30. The van der Waals surface area contributed by atoms with Crippen molar-refractivity contribution in [3.63, 3.8) is 0 Å². The van der Waals surface area contributed by atoms with Crippen LogP contribution in [0.15, 0.2) is 30.7 Å². The molecule has 1 aromatic carbocycles. The van der Waals surface area contributed by atoms with E-state index in [9.17, 15) is 13.2 Å². The van der Waals surface area contributed by atoms with Gasteiger partial charge in [0, 0.05) is 11.4 Å². The normalized spacial score (nSPS) is 12.5. The number of fused-ring (bicyclic) bond motifs is 5. The van der Waals surface area contributed by atoms with Gasteiger partial charge in [-0.3, -0.25) is 4.57 Å². The molecule has 0 saturated heterocycles. The summed E-state index contributed by atoms with van der Waals surface area (Å²) in [6, 6.07) is 5.27. The van der Waals surface area contributed by atoms with Gasteiger partial charge in [-0.25, -0.2) is 9.67 Å². The number of hydrogen-bond acceptors (Lipinski definition) is 3. The van der Waals surface area contributed by atoms with Gasteiger partial charge in [-0.15, -0.1) is 5.10 Å². The molecule has 3 heterocycles. The molecule has 25 heavy (non-hydrogen) atoms. The zero-order valence-corrected chi connectivity index (χ0v) is 13.3. The molecule has 3 aromatic rings. The maximum Gasteiger partial charge on any atom is 0.399 e. The minimum atomic E-state index is -4.32. The molecule has 0 radical (unpaired) electrons. The summed E-state index contributed by atoms with van der Waals surface area (Å²) in [4.78, 5) is 4.18. The van der Waals surface area contributed by atoms with Gasteiger partial charge in [-0.1, -0.05) is 22.7 Å². The molecule has 126 valence electrons. The fourth-order valence-electron chi connectivity index (χ4n) is 2.70. The standard InChI is InChI=1S/C16H9ClF3N5/c17-10-3-4-13-15(6-10)25-11(8-22-23-25)7-14-12(21-9-24(13)14)2-1-5-16(18,19)20/h3-4,6,8-9H,5,7H2. The highest BCUT2D eigenvalue weighted by Crippen LogP contribution is 2.30. The van der Waals surface area contributed by atoms with Gasteiger partial charge in [0.1, 0.15) is 18.4 Å². The summed E-state index contributed by atoms with van der Waals surface area (Å²) in [5, 5.41) is 8.52. The molecule has 1 aliphatic heterocycles. The molecule has 0 fully saturated rings. The fraction of sp³-hybridized carbons (Fsp3) is 0.188. The van der Waals surface area contributed by atoms with Gasteiger partial charge >= 0.3 is 6.18 Å². The Labute approximate surface area is 145 Å². The lowest BCUT2D eigenvalue weighted by Gasteiger charge is -2.09. The third-order valence-corrected chi connectivity index (χ3v) is 3.99. The molecule has 0 saturated carbocycles. The Balaban J connectivity index is 1.86. The minimum Gasteiger partial charge on any atom is -0.299 e. The lowest BCUT2D eigenvalue weighted by atomic mass is 10.2. The maximum atomic E-state index is 12.3. The predicted molar refractivity (Wildman–Crippen MR) is 83.8 cm³/mol. The number of alkyl halides is 3. The second-order valence-electron chi connectivity index (χ2n) is 5.45. The first-order chi connectivity index (χ1) is 11.9. The van der Waals surface area contributed by atoms with Gasteiger partial charge in [0.25, 0.3) is 0 Å². The SMILES string of the molecule is FC(F)(F)CC#Cc1ncn2c1Cc1cnnn1-c1cc(Cl)ccc1-2. The molecule has 0 spiro atoms. The molecule has 0 amide bonds. The summed E-state index contributed by atoms with van der Waals surface area (Å²) >= 11 is 6.09. The van der Waals surface area contributed by atoms with Gasteiger partial charge in [0.15, 0.2) is 0 Å². The van der Waals surface area contributed by atoms with Crippen LogP contribution in [0.3, 0.4) is 0 Å². The topological polar surface area (TPSA) is 48.5 Å². The summed E-state index contributed by atoms with van der Waals surface area (Å²) in [5.41, 5.74) is 3.21. The van der Waals surface area contributed by atoms with E-state index >= 15 is 0 Å². The molecule has 5 nitrogen and oxygen atoms in total. The second-order valence-corrected chi connectivity index (χ2v) is 5.89. The molecule has 0 N–H and O–H groups in total. The second kappa shape index (κ2) is 5.63. The van der Waals surface area contributed by atoms with Crippen molar-refractivity contribution in [2.75, 3.05) is 0 Å². The molecule has 9 heteroatoms. The van der Waals surface area contributed by atoms with E-state index < -0.39 is 12.6 Å². The Kier molecular flexibility index (Phi) is 3.54. The van der Waals surface area contributed by atoms with Crippen molar-refractivity contribution >= 4 is 11.6 Å². The van der Waals surface area contributed by atoms with E-state index in [-0.39, 0.29) is 0 Å². The van der Waals surface area contributed by atoms with Crippen LogP contribution in [0.2, 0.25) is 5.02 Å². The number of nitrogens with zero attached hydrogens (tertiary/aromatic N) is 5. The summed E-state index contributed by atoms with van der Waals surface area (Å²) in [5.74, 6) is 4.66. The number of imidazole rings is 1. The molecular weight excluding hydrogens is 355 g/mol. The van der Waals surface area contributed by atoms with Crippen LogP contribution in [0.5, 0.6) is 0 Å². The number of hydrogen-bond donors (Lipinski definition) is 0. The summed E-state index contributed by atoms with van der Waals surface area (Å²) < 4.78 is 40.4. The first kappa shape index (κ1) is 15.7. The molecule has 4 rings (SSSR count). The smallest absolute Gasteiger partial charge is 0.299 e. The van der Waals surface area contributed by atoms with Crippen molar-refractivity contribution in [3.05, 3.63) is 52.8 Å². The number of aromatic nitrogens is 5. The van der Waals surface area contributed by atoms with Crippen LogP contribution >= 0.6 is 11.6 Å². The van der Waals surface area contributed by atoms with Gasteiger partial charge in [-0.05, 0) is 24.1 Å². The largest absolute Gasteiger partial charge is 0.399 e. The molecule has 0 atom stereocenters. The molecule has 0 aliphatic carbocycles. The van der Waals surface area contributed by atoms with Gasteiger partial charge in [-0.2, -0.15) is 13.2 Å². The van der Waals surface area contributed by atoms with Crippen molar-refractivity contribution in [1.29, 1.82) is 0 Å². The zero-order valence-electron chi connectivity index (χ0n) is 12.5. The Morgan fingerprint density at radius 1 is 1.24 bits per heavy atom. The van der Waals surface area contributed by atoms with E-state index in [1.54, 1.807) is 40.0 Å². The quantitative estimate of drug-likeness (QED) is 0.450. The van der Waals surface area contributed by atoms with Gasteiger partial charge < -0.3 is 0 Å². The molecule has 0 bridgehead atoms. The van der Waals surface area contributed by atoms with Crippen LogP contribution in [0.25, 0.3) is 11.4 Å². The van der Waals surface area contributed by atoms with Crippen LogP contribution in [-0.2, 0) is 6.42 Å². The zero-order chi connectivity index (χ0) is 17.6. The number of halogens is 4. The van der Waals surface area contributed by atoms with E-state index in [4.69, 9.17) is 11.6 Å². The van der Waals surface area contributed by atoms with Crippen LogP contribution in [0.4, 0.5) is 13.2 Å². The maximum absolute atomic E-state index is 12.3. The first-order valence-corrected chi connectivity index (χ1v) is 7.62. The highest BCUT2D eigenvalue weighted by Gasteiger charge is 2.26. The van der Waals surface area contributed by atoms with Crippen molar-refractivity contribution in [2.45, 2.75) is 19.0 Å². The van der Waals surface area contributed by atoms with Crippen LogP contribution in [-0.4, -0.2) is 30.7 Å². The predicted octanol–water partition coefficient (Wildman–Crippen LogP) is 3.31. The monoisotopic (exact) mass is 363 g/mol. The van der Waals surface area contributed by atoms with Crippen LogP contribution < -0.4 is 0 Å². The minimum absolute atomic E-state index is 0.305. The van der Waals surface area contributed by atoms with E-state index in [0.717, 1.165) is 11.4 Å². The Hall–Kier alpha value is -2.79. The van der Waals surface area contributed by atoms with E-state index in [2.05, 4.69) is 27.1 Å². The van der Waals surface area contributed by atoms with Gasteiger partial charge in [0.2, 0.25) is 0 Å². The molecular formula is C16H9ClF3N5. The molecule has 2 aromatic heterocycles. The van der Waals surface area contributed by atoms with Crippen LogP contribution in [0, 0.1) is 11.8 Å². The van der Waals surface area contributed by atoms with Crippen LogP contribution in [0.1, 0.15) is 23.5 Å². The summed E-state index contributed by atoms with van der Waals surface area (Å²) in [7, 11) is 0. The number of rotatable bonds is 0. The lowest BCUT2D eigenvalue weighted by molar-refractivity contribution is -0.123.